The Labute approximate surface area is 114 Å². The number of carbonyl (C=O) groups is 1. The molecule has 0 spiro atoms. The van der Waals surface area contributed by atoms with Gasteiger partial charge in [0.1, 0.15) is 0 Å². The van der Waals surface area contributed by atoms with Gasteiger partial charge in [0.05, 0.1) is 17.5 Å². The van der Waals surface area contributed by atoms with E-state index in [-0.39, 0.29) is 11.8 Å². The van der Waals surface area contributed by atoms with Crippen molar-refractivity contribution in [1.29, 1.82) is 0 Å². The minimum atomic E-state index is -0.110. The first kappa shape index (κ1) is 12.6. The average Bonchev–Trinajstić information content (AvgIpc) is 2.52. The predicted octanol–water partition coefficient (Wildman–Crippen LogP) is 3.46. The second-order valence-corrected chi connectivity index (χ2v) is 5.37. The first-order valence-corrected chi connectivity index (χ1v) is 6.46. The standard InChI is InChI=1S/C12H12BrClN2O/c1-7-8(2)15-16(12(7)17)6-9-3-4-10(13)11(14)5-9/h3-5,7H,6H2,1-2H3. The highest BCUT2D eigenvalue weighted by Crippen LogP contribution is 2.25. The SMILES string of the molecule is CC1=NN(Cc2ccc(Br)c(Cl)c2)C(=O)C1C. The van der Waals surface area contributed by atoms with Gasteiger partial charge in [0, 0.05) is 10.2 Å². The number of amides is 1. The van der Waals surface area contributed by atoms with E-state index < -0.39 is 0 Å². The van der Waals surface area contributed by atoms with E-state index in [1.807, 2.05) is 32.0 Å². The molecular formula is C12H12BrClN2O. The number of hydrazone groups is 1. The topological polar surface area (TPSA) is 32.7 Å². The first-order chi connectivity index (χ1) is 7.99. The Morgan fingerprint density at radius 2 is 2.24 bits per heavy atom. The van der Waals surface area contributed by atoms with Crippen molar-refractivity contribution in [3.05, 3.63) is 33.3 Å². The molecule has 1 aliphatic heterocycles. The van der Waals surface area contributed by atoms with Gasteiger partial charge in [-0.05, 0) is 47.5 Å². The van der Waals surface area contributed by atoms with Crippen LogP contribution in [0.4, 0.5) is 0 Å². The van der Waals surface area contributed by atoms with E-state index in [2.05, 4.69) is 21.0 Å². The number of hydrogen-bond donors (Lipinski definition) is 0. The number of carbonyl (C=O) groups excluding carboxylic acids is 1. The molecule has 5 heteroatoms. The Morgan fingerprint density at radius 3 is 2.76 bits per heavy atom. The lowest BCUT2D eigenvalue weighted by Gasteiger charge is -2.13. The number of nitrogens with zero attached hydrogens (tertiary/aromatic N) is 2. The van der Waals surface area contributed by atoms with Crippen molar-refractivity contribution in [2.75, 3.05) is 0 Å². The molecule has 1 atom stereocenters. The van der Waals surface area contributed by atoms with Crippen LogP contribution in [-0.2, 0) is 11.3 Å². The van der Waals surface area contributed by atoms with Gasteiger partial charge in [-0.2, -0.15) is 5.10 Å². The second kappa shape index (κ2) is 4.78. The Bertz CT molecular complexity index is 501. The van der Waals surface area contributed by atoms with Crippen molar-refractivity contribution in [2.24, 2.45) is 11.0 Å². The van der Waals surface area contributed by atoms with Crippen LogP contribution in [0.3, 0.4) is 0 Å². The molecule has 0 aliphatic carbocycles. The molecule has 0 fully saturated rings. The van der Waals surface area contributed by atoms with E-state index in [0.717, 1.165) is 15.7 Å². The zero-order chi connectivity index (χ0) is 12.6. The molecule has 0 N–H and O–H groups in total. The number of rotatable bonds is 2. The number of benzene rings is 1. The fourth-order valence-electron chi connectivity index (χ4n) is 1.65. The van der Waals surface area contributed by atoms with Gasteiger partial charge in [-0.1, -0.05) is 17.7 Å². The molecule has 1 aliphatic rings. The Balaban J connectivity index is 2.17. The van der Waals surface area contributed by atoms with Crippen molar-refractivity contribution >= 4 is 39.1 Å². The minimum Gasteiger partial charge on any atom is -0.272 e. The van der Waals surface area contributed by atoms with Gasteiger partial charge in [0.15, 0.2) is 0 Å². The summed E-state index contributed by atoms with van der Waals surface area (Å²) in [5, 5.41) is 6.38. The lowest BCUT2D eigenvalue weighted by atomic mass is 10.1. The third kappa shape index (κ3) is 2.53. The summed E-state index contributed by atoms with van der Waals surface area (Å²) in [6.07, 6.45) is 0. The van der Waals surface area contributed by atoms with Gasteiger partial charge in [-0.15, -0.1) is 0 Å². The van der Waals surface area contributed by atoms with Gasteiger partial charge in [0.2, 0.25) is 0 Å². The molecule has 1 heterocycles. The summed E-state index contributed by atoms with van der Waals surface area (Å²) < 4.78 is 0.851. The highest BCUT2D eigenvalue weighted by atomic mass is 79.9. The van der Waals surface area contributed by atoms with Crippen LogP contribution in [0.15, 0.2) is 27.8 Å². The van der Waals surface area contributed by atoms with Crippen molar-refractivity contribution in [3.63, 3.8) is 0 Å². The number of halogens is 2. The lowest BCUT2D eigenvalue weighted by Crippen LogP contribution is -2.25. The normalized spacial score (nSPS) is 19.8. The molecule has 0 aromatic heterocycles. The fourth-order valence-corrected chi connectivity index (χ4v) is 2.10. The number of hydrogen-bond acceptors (Lipinski definition) is 2. The zero-order valence-corrected chi connectivity index (χ0v) is 11.9. The molecular weight excluding hydrogens is 304 g/mol. The molecule has 3 nitrogen and oxygen atoms in total. The van der Waals surface area contributed by atoms with Crippen molar-refractivity contribution < 1.29 is 4.79 Å². The van der Waals surface area contributed by atoms with E-state index in [9.17, 15) is 4.79 Å². The van der Waals surface area contributed by atoms with E-state index in [4.69, 9.17) is 11.6 Å². The molecule has 2 rings (SSSR count). The summed E-state index contributed by atoms with van der Waals surface area (Å²) in [7, 11) is 0. The summed E-state index contributed by atoms with van der Waals surface area (Å²) in [5.41, 5.74) is 1.83. The Hall–Kier alpha value is -0.870. The van der Waals surface area contributed by atoms with Crippen LogP contribution < -0.4 is 0 Å². The monoisotopic (exact) mass is 314 g/mol. The molecule has 90 valence electrons. The molecule has 1 unspecified atom stereocenters. The van der Waals surface area contributed by atoms with Crippen molar-refractivity contribution in [1.82, 2.24) is 5.01 Å². The van der Waals surface area contributed by atoms with Crippen LogP contribution in [0.5, 0.6) is 0 Å². The summed E-state index contributed by atoms with van der Waals surface area (Å²) in [6, 6.07) is 5.64. The van der Waals surface area contributed by atoms with E-state index in [1.165, 1.54) is 5.01 Å². The van der Waals surface area contributed by atoms with Gasteiger partial charge < -0.3 is 0 Å². The molecule has 1 aromatic carbocycles. The predicted molar refractivity (Wildman–Crippen MR) is 72.0 cm³/mol. The lowest BCUT2D eigenvalue weighted by molar-refractivity contribution is -0.131. The first-order valence-electron chi connectivity index (χ1n) is 5.29. The van der Waals surface area contributed by atoms with Crippen LogP contribution >= 0.6 is 27.5 Å². The third-order valence-corrected chi connectivity index (χ3v) is 4.08. The van der Waals surface area contributed by atoms with Crippen LogP contribution in [0, 0.1) is 5.92 Å². The van der Waals surface area contributed by atoms with Crippen molar-refractivity contribution in [3.8, 4) is 0 Å². The molecule has 0 bridgehead atoms. The van der Waals surface area contributed by atoms with E-state index in [0.29, 0.717) is 11.6 Å². The second-order valence-electron chi connectivity index (χ2n) is 4.11. The Morgan fingerprint density at radius 1 is 1.53 bits per heavy atom. The molecule has 0 saturated carbocycles. The largest absolute Gasteiger partial charge is 0.272 e. The van der Waals surface area contributed by atoms with Crippen LogP contribution in [-0.4, -0.2) is 16.6 Å². The quantitative estimate of drug-likeness (QED) is 0.822. The molecule has 17 heavy (non-hydrogen) atoms. The highest BCUT2D eigenvalue weighted by Gasteiger charge is 2.29. The van der Waals surface area contributed by atoms with Gasteiger partial charge in [0.25, 0.3) is 5.91 Å². The van der Waals surface area contributed by atoms with Crippen LogP contribution in [0.1, 0.15) is 19.4 Å². The summed E-state index contributed by atoms with van der Waals surface area (Å²) in [6.45, 7) is 4.21. The maximum Gasteiger partial charge on any atom is 0.251 e. The maximum absolute atomic E-state index is 11.8. The Kier molecular flexibility index (Phi) is 3.54. The van der Waals surface area contributed by atoms with Crippen molar-refractivity contribution in [2.45, 2.75) is 20.4 Å². The molecule has 1 amide bonds. The van der Waals surface area contributed by atoms with Gasteiger partial charge in [-0.3, -0.25) is 4.79 Å². The van der Waals surface area contributed by atoms with Gasteiger partial charge >= 0.3 is 0 Å². The fraction of sp³-hybridized carbons (Fsp3) is 0.333. The summed E-state index contributed by atoms with van der Waals surface area (Å²) >= 11 is 9.34. The molecule has 0 saturated heterocycles. The van der Waals surface area contributed by atoms with E-state index >= 15 is 0 Å². The zero-order valence-electron chi connectivity index (χ0n) is 9.58. The summed E-state index contributed by atoms with van der Waals surface area (Å²) in [4.78, 5) is 11.8. The smallest absolute Gasteiger partial charge is 0.251 e. The maximum atomic E-state index is 11.8. The third-order valence-electron chi connectivity index (χ3n) is 2.85. The van der Waals surface area contributed by atoms with Crippen LogP contribution in [0.2, 0.25) is 5.02 Å². The molecule has 1 aromatic rings. The van der Waals surface area contributed by atoms with Gasteiger partial charge in [-0.25, -0.2) is 5.01 Å². The van der Waals surface area contributed by atoms with E-state index in [1.54, 1.807) is 0 Å². The average molecular weight is 316 g/mol. The highest BCUT2D eigenvalue weighted by molar-refractivity contribution is 9.10. The molecule has 0 radical (unpaired) electrons. The summed E-state index contributed by atoms with van der Waals surface area (Å²) in [5.74, 6) is -0.0672. The minimum absolute atomic E-state index is 0.0431. The van der Waals surface area contributed by atoms with Crippen LogP contribution in [0.25, 0.3) is 0 Å².